The van der Waals surface area contributed by atoms with E-state index in [-0.39, 0.29) is 0 Å². The molecule has 0 amide bonds. The van der Waals surface area contributed by atoms with Crippen LogP contribution >= 0.6 is 0 Å². The molecule has 0 atom stereocenters. The van der Waals surface area contributed by atoms with Gasteiger partial charge in [-0.05, 0) is 36.8 Å². The average Bonchev–Trinajstić information content (AvgIpc) is 2.23. The first-order chi connectivity index (χ1) is 6.79. The van der Waals surface area contributed by atoms with Crippen LogP contribution in [-0.2, 0) is 0 Å². The van der Waals surface area contributed by atoms with Gasteiger partial charge < -0.3 is 0 Å². The first-order valence-corrected chi connectivity index (χ1v) is 6.18. The molecule has 0 heterocycles. The Balaban J connectivity index is 4.43. The smallest absolute Gasteiger partial charge is 0.0308 e. The van der Waals surface area contributed by atoms with Crippen LogP contribution in [0.2, 0.25) is 0 Å². The fraction of sp³-hybridized carbons (Fsp3) is 0.714. The summed E-state index contributed by atoms with van der Waals surface area (Å²) in [7, 11) is 0. The highest BCUT2D eigenvalue weighted by molar-refractivity contribution is 5.30. The molecular weight excluding hydrogens is 168 g/mol. The second kappa shape index (κ2) is 9.05. The molecule has 0 saturated heterocycles. The second-order valence-corrected chi connectivity index (χ2v) is 3.74. The van der Waals surface area contributed by atoms with E-state index in [0.717, 1.165) is 0 Å². The van der Waals surface area contributed by atoms with Crippen LogP contribution in [0.1, 0.15) is 66.2 Å². The van der Waals surface area contributed by atoms with Crippen molar-refractivity contribution in [1.29, 1.82) is 0 Å². The summed E-state index contributed by atoms with van der Waals surface area (Å²) >= 11 is 0. The second-order valence-electron chi connectivity index (χ2n) is 3.74. The Morgan fingerprint density at radius 3 is 1.29 bits per heavy atom. The number of hydrogen-bond acceptors (Lipinski definition) is 0. The summed E-state index contributed by atoms with van der Waals surface area (Å²) in [6.45, 7) is 9.00. The highest BCUT2D eigenvalue weighted by Gasteiger charge is 1.99. The topological polar surface area (TPSA) is 0 Å². The van der Waals surface area contributed by atoms with E-state index in [9.17, 15) is 0 Å². The van der Waals surface area contributed by atoms with Gasteiger partial charge in [0.2, 0.25) is 0 Å². The first kappa shape index (κ1) is 13.5. The molecule has 0 aromatic carbocycles. The van der Waals surface area contributed by atoms with Crippen LogP contribution in [0.4, 0.5) is 0 Å². The summed E-state index contributed by atoms with van der Waals surface area (Å²) in [5.74, 6) is 0. The molecule has 0 fully saturated rings. The van der Waals surface area contributed by atoms with E-state index in [1.807, 2.05) is 0 Å². The zero-order valence-electron chi connectivity index (χ0n) is 10.4. The van der Waals surface area contributed by atoms with E-state index in [0.29, 0.717) is 0 Å². The van der Waals surface area contributed by atoms with Gasteiger partial charge in [0.1, 0.15) is 0 Å². The molecule has 0 bridgehead atoms. The van der Waals surface area contributed by atoms with Gasteiger partial charge in [0, 0.05) is 0 Å². The lowest BCUT2D eigenvalue weighted by Gasteiger charge is -2.08. The maximum Gasteiger partial charge on any atom is -0.0308 e. The first-order valence-electron chi connectivity index (χ1n) is 6.18. The number of allylic oxidation sites excluding steroid dienone is 4. The minimum atomic E-state index is 1.18. The van der Waals surface area contributed by atoms with E-state index in [1.165, 1.54) is 38.5 Å². The van der Waals surface area contributed by atoms with E-state index in [4.69, 9.17) is 0 Å². The zero-order valence-corrected chi connectivity index (χ0v) is 10.4. The largest absolute Gasteiger partial charge is 0.0811 e. The van der Waals surface area contributed by atoms with Crippen molar-refractivity contribution >= 4 is 0 Å². The van der Waals surface area contributed by atoms with Crippen molar-refractivity contribution in [3.8, 4) is 0 Å². The highest BCUT2D eigenvalue weighted by Crippen LogP contribution is 2.19. The van der Waals surface area contributed by atoms with Crippen molar-refractivity contribution in [2.45, 2.75) is 66.2 Å². The van der Waals surface area contributed by atoms with Crippen molar-refractivity contribution in [2.24, 2.45) is 0 Å². The minimum Gasteiger partial charge on any atom is -0.0811 e. The zero-order chi connectivity index (χ0) is 10.8. The van der Waals surface area contributed by atoms with Gasteiger partial charge in [-0.3, -0.25) is 0 Å². The molecule has 0 nitrogen and oxygen atoms in total. The Hall–Kier alpha value is -0.520. The van der Waals surface area contributed by atoms with E-state index < -0.39 is 0 Å². The number of unbranched alkanes of at least 4 members (excludes halogenated alkanes) is 2. The predicted octanol–water partition coefficient (Wildman–Crippen LogP) is 5.26. The normalized spacial score (nSPS) is 13.4. The van der Waals surface area contributed by atoms with Gasteiger partial charge in [-0.2, -0.15) is 0 Å². The maximum absolute atomic E-state index is 2.42. The van der Waals surface area contributed by atoms with Crippen LogP contribution in [0, 0.1) is 0 Å². The summed E-state index contributed by atoms with van der Waals surface area (Å²) in [5.41, 5.74) is 3.14. The molecule has 0 aliphatic rings. The van der Waals surface area contributed by atoms with Crippen LogP contribution in [0.5, 0.6) is 0 Å². The summed E-state index contributed by atoms with van der Waals surface area (Å²) in [6, 6.07) is 0. The van der Waals surface area contributed by atoms with Crippen LogP contribution in [0.3, 0.4) is 0 Å². The van der Waals surface area contributed by atoms with Crippen LogP contribution in [-0.4, -0.2) is 0 Å². The molecule has 82 valence electrons. The molecule has 0 saturated carbocycles. The summed E-state index contributed by atoms with van der Waals surface area (Å²) in [4.78, 5) is 0. The highest BCUT2D eigenvalue weighted by atomic mass is 14.1. The Kier molecular flexibility index (Phi) is 8.72. The van der Waals surface area contributed by atoms with E-state index in [2.05, 4.69) is 39.8 Å². The molecule has 0 rings (SSSR count). The van der Waals surface area contributed by atoms with E-state index >= 15 is 0 Å². The summed E-state index contributed by atoms with van der Waals surface area (Å²) in [6.07, 6.45) is 12.2. The fourth-order valence-corrected chi connectivity index (χ4v) is 1.64. The average molecular weight is 194 g/mol. The molecule has 0 spiro atoms. The molecule has 0 aliphatic carbocycles. The molecule has 0 radical (unpaired) electrons. The van der Waals surface area contributed by atoms with Crippen molar-refractivity contribution in [3.05, 3.63) is 23.3 Å². The molecule has 0 N–H and O–H groups in total. The molecule has 14 heavy (non-hydrogen) atoms. The third-order valence-corrected chi connectivity index (χ3v) is 2.53. The molecule has 0 aromatic heterocycles. The van der Waals surface area contributed by atoms with Crippen molar-refractivity contribution < 1.29 is 0 Å². The van der Waals surface area contributed by atoms with E-state index in [1.54, 1.807) is 11.1 Å². The lowest BCUT2D eigenvalue weighted by molar-refractivity contribution is 0.905. The minimum absolute atomic E-state index is 1.18. The lowest BCUT2D eigenvalue weighted by atomic mass is 9.98. The quantitative estimate of drug-likeness (QED) is 0.485. The molecule has 0 unspecified atom stereocenters. The Labute approximate surface area is 90.1 Å². The van der Waals surface area contributed by atoms with Gasteiger partial charge in [-0.1, -0.05) is 52.7 Å². The predicted molar refractivity (Wildman–Crippen MR) is 66.6 cm³/mol. The number of rotatable bonds is 7. The third-order valence-electron chi connectivity index (χ3n) is 2.53. The van der Waals surface area contributed by atoms with Crippen LogP contribution < -0.4 is 0 Å². The van der Waals surface area contributed by atoms with Crippen molar-refractivity contribution in [1.82, 2.24) is 0 Å². The Morgan fingerprint density at radius 1 is 0.714 bits per heavy atom. The standard InChI is InChI=1S/C14H26/c1-5-9-11-13(7-3)14(8-4)12-10-6-2/h11-12H,5-10H2,1-4H3/b13-11+,14-12+. The van der Waals surface area contributed by atoms with Crippen molar-refractivity contribution in [2.75, 3.05) is 0 Å². The Bertz CT molecular complexity index is 162. The SMILES string of the molecule is CCC/C=C(CC)/C(=C/CCC)CC. The fourth-order valence-electron chi connectivity index (χ4n) is 1.64. The van der Waals surface area contributed by atoms with Gasteiger partial charge in [-0.15, -0.1) is 0 Å². The summed E-state index contributed by atoms with van der Waals surface area (Å²) in [5, 5.41) is 0. The third kappa shape index (κ3) is 5.26. The molecule has 0 heteroatoms. The van der Waals surface area contributed by atoms with Gasteiger partial charge in [0.15, 0.2) is 0 Å². The maximum atomic E-state index is 2.42. The molecule has 0 aromatic rings. The lowest BCUT2D eigenvalue weighted by Crippen LogP contribution is -1.88. The van der Waals surface area contributed by atoms with Crippen LogP contribution in [0.25, 0.3) is 0 Å². The van der Waals surface area contributed by atoms with Gasteiger partial charge in [0.05, 0.1) is 0 Å². The summed E-state index contributed by atoms with van der Waals surface area (Å²) < 4.78 is 0. The van der Waals surface area contributed by atoms with Gasteiger partial charge >= 0.3 is 0 Å². The van der Waals surface area contributed by atoms with Crippen molar-refractivity contribution in [3.63, 3.8) is 0 Å². The molecular formula is C14H26. The Morgan fingerprint density at radius 2 is 1.07 bits per heavy atom. The number of hydrogen-bond donors (Lipinski definition) is 0. The van der Waals surface area contributed by atoms with Crippen LogP contribution in [0.15, 0.2) is 23.3 Å². The monoisotopic (exact) mass is 194 g/mol. The molecule has 0 aliphatic heterocycles. The van der Waals surface area contributed by atoms with Gasteiger partial charge in [0.25, 0.3) is 0 Å². The van der Waals surface area contributed by atoms with Gasteiger partial charge in [-0.25, -0.2) is 0 Å².